The lowest BCUT2D eigenvalue weighted by atomic mass is 9.92. The summed E-state index contributed by atoms with van der Waals surface area (Å²) in [5.74, 6) is 0.803. The molecule has 4 atom stereocenters. The minimum absolute atomic E-state index is 0.161. The molecule has 1 aromatic heterocycles. The van der Waals surface area contributed by atoms with Crippen molar-refractivity contribution in [2.45, 2.75) is 44.4 Å². The van der Waals surface area contributed by atoms with Gasteiger partial charge in [-0.2, -0.15) is 0 Å². The molecule has 2 aliphatic rings. The van der Waals surface area contributed by atoms with Crippen molar-refractivity contribution in [3.05, 3.63) is 54.6 Å². The summed E-state index contributed by atoms with van der Waals surface area (Å²) in [5.41, 5.74) is 1.33. The van der Waals surface area contributed by atoms with Crippen molar-refractivity contribution < 1.29 is 9.53 Å². The van der Waals surface area contributed by atoms with Gasteiger partial charge >= 0.3 is 0 Å². The maximum Gasteiger partial charge on any atom is 0.252 e. The third kappa shape index (κ3) is 3.21. The van der Waals surface area contributed by atoms with Crippen LogP contribution in [0.5, 0.6) is 0 Å². The van der Waals surface area contributed by atoms with Crippen molar-refractivity contribution in [2.75, 3.05) is 13.2 Å². The summed E-state index contributed by atoms with van der Waals surface area (Å²) >= 11 is 0. The third-order valence-corrected chi connectivity index (χ3v) is 5.73. The van der Waals surface area contributed by atoms with Crippen molar-refractivity contribution in [1.82, 2.24) is 14.5 Å². The SMILES string of the molecule is CC1C(c2ccccc2)CCN1C(=O)[C@@H]1OCC[C@@H]1Cn1ccnc1. The van der Waals surface area contributed by atoms with E-state index in [1.165, 1.54) is 5.56 Å². The first-order valence-electron chi connectivity index (χ1n) is 9.17. The van der Waals surface area contributed by atoms with Gasteiger partial charge in [-0.25, -0.2) is 4.98 Å². The predicted molar refractivity (Wildman–Crippen MR) is 95.0 cm³/mol. The average molecular weight is 339 g/mol. The van der Waals surface area contributed by atoms with Crippen molar-refractivity contribution in [2.24, 2.45) is 5.92 Å². The lowest BCUT2D eigenvalue weighted by Gasteiger charge is -2.29. The largest absolute Gasteiger partial charge is 0.368 e. The molecule has 3 heterocycles. The molecule has 2 saturated heterocycles. The molecule has 0 N–H and O–H groups in total. The normalized spacial score (nSPS) is 29.2. The van der Waals surface area contributed by atoms with Crippen LogP contribution in [0, 0.1) is 5.92 Å². The Balaban J connectivity index is 1.45. The van der Waals surface area contributed by atoms with Gasteiger partial charge < -0.3 is 14.2 Å². The fourth-order valence-electron chi connectivity index (χ4n) is 4.32. The lowest BCUT2D eigenvalue weighted by Crippen LogP contribution is -2.44. The zero-order valence-electron chi connectivity index (χ0n) is 14.6. The fraction of sp³-hybridized carbons (Fsp3) is 0.500. The van der Waals surface area contributed by atoms with E-state index >= 15 is 0 Å². The summed E-state index contributed by atoms with van der Waals surface area (Å²) in [4.78, 5) is 19.3. The van der Waals surface area contributed by atoms with Crippen LogP contribution in [0.2, 0.25) is 0 Å². The highest BCUT2D eigenvalue weighted by Crippen LogP contribution is 2.35. The van der Waals surface area contributed by atoms with Crippen LogP contribution in [0.25, 0.3) is 0 Å². The minimum Gasteiger partial charge on any atom is -0.368 e. The van der Waals surface area contributed by atoms with Gasteiger partial charge in [0, 0.05) is 50.0 Å². The molecule has 1 aromatic carbocycles. The lowest BCUT2D eigenvalue weighted by molar-refractivity contribution is -0.143. The third-order valence-electron chi connectivity index (χ3n) is 5.73. The number of rotatable bonds is 4. The van der Waals surface area contributed by atoms with Crippen LogP contribution in [-0.4, -0.2) is 45.7 Å². The summed E-state index contributed by atoms with van der Waals surface area (Å²) < 4.78 is 7.89. The molecule has 0 saturated carbocycles. The molecule has 2 fully saturated rings. The molecule has 5 nitrogen and oxygen atoms in total. The molecule has 132 valence electrons. The molecular formula is C20H25N3O2. The quantitative estimate of drug-likeness (QED) is 0.860. The second-order valence-electron chi connectivity index (χ2n) is 7.18. The maximum atomic E-state index is 13.1. The van der Waals surface area contributed by atoms with Crippen LogP contribution in [0.4, 0.5) is 0 Å². The smallest absolute Gasteiger partial charge is 0.252 e. The minimum atomic E-state index is -0.320. The number of carbonyl (C=O) groups excluding carboxylic acids is 1. The number of imidazole rings is 1. The second-order valence-corrected chi connectivity index (χ2v) is 7.18. The maximum absolute atomic E-state index is 13.1. The first-order valence-corrected chi connectivity index (χ1v) is 9.17. The summed E-state index contributed by atoms with van der Waals surface area (Å²) in [5, 5.41) is 0. The summed E-state index contributed by atoms with van der Waals surface area (Å²) in [6.07, 6.45) is 7.17. The standard InChI is InChI=1S/C20H25N3O2/c1-15-18(16-5-3-2-4-6-16)7-10-23(15)20(24)19-17(8-12-25-19)13-22-11-9-21-14-22/h2-6,9,11,14-15,17-19H,7-8,10,12-13H2,1H3/t15?,17-,18?,19-/m1/s1. The molecule has 2 unspecified atom stereocenters. The highest BCUT2D eigenvalue weighted by molar-refractivity contribution is 5.82. The Bertz CT molecular complexity index is 701. The number of hydrogen-bond donors (Lipinski definition) is 0. The van der Waals surface area contributed by atoms with Crippen molar-refractivity contribution >= 4 is 5.91 Å². The van der Waals surface area contributed by atoms with E-state index in [1.807, 2.05) is 28.1 Å². The van der Waals surface area contributed by atoms with E-state index in [4.69, 9.17) is 4.74 Å². The topological polar surface area (TPSA) is 47.4 Å². The van der Waals surface area contributed by atoms with Gasteiger partial charge in [-0.3, -0.25) is 4.79 Å². The van der Waals surface area contributed by atoms with Crippen LogP contribution in [0.15, 0.2) is 49.1 Å². The van der Waals surface area contributed by atoms with Gasteiger partial charge in [-0.15, -0.1) is 0 Å². The number of carbonyl (C=O) groups is 1. The van der Waals surface area contributed by atoms with E-state index in [2.05, 4.69) is 36.2 Å². The van der Waals surface area contributed by atoms with Crippen LogP contribution < -0.4 is 0 Å². The molecule has 4 rings (SSSR count). The highest BCUT2D eigenvalue weighted by atomic mass is 16.5. The summed E-state index contributed by atoms with van der Waals surface area (Å²) in [7, 11) is 0. The van der Waals surface area contributed by atoms with Crippen molar-refractivity contribution in [1.29, 1.82) is 0 Å². The highest BCUT2D eigenvalue weighted by Gasteiger charge is 2.42. The van der Waals surface area contributed by atoms with Gasteiger partial charge in [0.1, 0.15) is 6.10 Å². The van der Waals surface area contributed by atoms with E-state index in [0.29, 0.717) is 12.5 Å². The first-order chi connectivity index (χ1) is 12.2. The van der Waals surface area contributed by atoms with Crippen LogP contribution in [0.1, 0.15) is 31.2 Å². The van der Waals surface area contributed by atoms with Crippen LogP contribution in [0.3, 0.4) is 0 Å². The molecule has 0 spiro atoms. The Labute approximate surface area is 148 Å². The summed E-state index contributed by atoms with van der Waals surface area (Å²) in [6.45, 7) is 4.44. The molecule has 25 heavy (non-hydrogen) atoms. The predicted octanol–water partition coefficient (Wildman–Crippen LogP) is 2.69. The number of likely N-dealkylation sites (tertiary alicyclic amines) is 1. The molecule has 5 heteroatoms. The monoisotopic (exact) mass is 339 g/mol. The van der Waals surface area contributed by atoms with Crippen molar-refractivity contribution in [3.8, 4) is 0 Å². The second kappa shape index (κ2) is 7.00. The van der Waals surface area contributed by atoms with E-state index in [1.54, 1.807) is 6.20 Å². The van der Waals surface area contributed by atoms with Gasteiger partial charge in [0.2, 0.25) is 0 Å². The van der Waals surface area contributed by atoms with Crippen LogP contribution >= 0.6 is 0 Å². The number of ether oxygens (including phenoxy) is 1. The Kier molecular flexibility index (Phi) is 4.57. The van der Waals surface area contributed by atoms with Crippen molar-refractivity contribution in [3.63, 3.8) is 0 Å². The number of amides is 1. The summed E-state index contributed by atoms with van der Waals surface area (Å²) in [6, 6.07) is 10.8. The number of nitrogens with zero attached hydrogens (tertiary/aromatic N) is 3. The molecule has 0 bridgehead atoms. The molecule has 2 aromatic rings. The zero-order valence-corrected chi connectivity index (χ0v) is 14.6. The Morgan fingerprint density at radius 3 is 2.88 bits per heavy atom. The van der Waals surface area contributed by atoms with Gasteiger partial charge in [-0.1, -0.05) is 30.3 Å². The molecule has 0 aliphatic carbocycles. The zero-order chi connectivity index (χ0) is 17.2. The van der Waals surface area contributed by atoms with Crippen LogP contribution in [-0.2, 0) is 16.1 Å². The Morgan fingerprint density at radius 2 is 2.12 bits per heavy atom. The first kappa shape index (κ1) is 16.3. The molecule has 2 aliphatic heterocycles. The van der Waals surface area contributed by atoms with Gasteiger partial charge in [0.25, 0.3) is 5.91 Å². The molecule has 1 amide bonds. The average Bonchev–Trinajstić information content (AvgIpc) is 3.37. The van der Waals surface area contributed by atoms with E-state index in [-0.39, 0.29) is 24.0 Å². The van der Waals surface area contributed by atoms with Gasteiger partial charge in [0.05, 0.1) is 6.33 Å². The van der Waals surface area contributed by atoms with E-state index < -0.39 is 0 Å². The van der Waals surface area contributed by atoms with E-state index in [0.717, 1.165) is 25.9 Å². The number of benzene rings is 1. The number of hydrogen-bond acceptors (Lipinski definition) is 3. The fourth-order valence-corrected chi connectivity index (χ4v) is 4.32. The van der Waals surface area contributed by atoms with E-state index in [9.17, 15) is 4.79 Å². The van der Waals surface area contributed by atoms with Gasteiger partial charge in [-0.05, 0) is 25.3 Å². The Hall–Kier alpha value is -2.14. The number of aromatic nitrogens is 2. The molecular weight excluding hydrogens is 314 g/mol. The Morgan fingerprint density at radius 1 is 1.28 bits per heavy atom. The molecule has 0 radical (unpaired) electrons. The van der Waals surface area contributed by atoms with Gasteiger partial charge in [0.15, 0.2) is 0 Å².